The second-order valence-corrected chi connectivity index (χ2v) is 6.80. The van der Waals surface area contributed by atoms with E-state index in [1.54, 1.807) is 6.20 Å². The van der Waals surface area contributed by atoms with Gasteiger partial charge in [-0.2, -0.15) is 0 Å². The third-order valence-corrected chi connectivity index (χ3v) is 5.22. The van der Waals surface area contributed by atoms with Gasteiger partial charge in [0.1, 0.15) is 5.82 Å². The van der Waals surface area contributed by atoms with E-state index in [0.29, 0.717) is 5.54 Å². The largest absolute Gasteiger partial charge is 0.399 e. The molecule has 1 heterocycles. The first-order valence-electron chi connectivity index (χ1n) is 7.20. The maximum Gasteiger partial charge on any atom is 0.128 e. The number of nitrogens with one attached hydrogen (secondary N) is 1. The number of aromatic nitrogens is 1. The lowest BCUT2D eigenvalue weighted by Gasteiger charge is -2.57. The van der Waals surface area contributed by atoms with Crippen molar-refractivity contribution in [3.8, 4) is 0 Å². The average molecular weight is 243 g/mol. The highest BCUT2D eigenvalue weighted by Gasteiger charge is 2.50. The Morgan fingerprint density at radius 1 is 1.11 bits per heavy atom. The Kier molecular flexibility index (Phi) is 2.14. The highest BCUT2D eigenvalue weighted by atomic mass is 15.1. The van der Waals surface area contributed by atoms with Crippen molar-refractivity contribution in [1.29, 1.82) is 0 Å². The van der Waals surface area contributed by atoms with Crippen LogP contribution in [0, 0.1) is 17.8 Å². The third kappa shape index (κ3) is 1.68. The van der Waals surface area contributed by atoms with E-state index in [0.717, 1.165) is 29.3 Å². The second-order valence-electron chi connectivity index (χ2n) is 6.80. The van der Waals surface area contributed by atoms with Gasteiger partial charge < -0.3 is 11.1 Å². The molecule has 18 heavy (non-hydrogen) atoms. The summed E-state index contributed by atoms with van der Waals surface area (Å²) >= 11 is 0. The fourth-order valence-electron chi connectivity index (χ4n) is 5.05. The number of pyridine rings is 1. The van der Waals surface area contributed by atoms with E-state index >= 15 is 0 Å². The van der Waals surface area contributed by atoms with E-state index in [9.17, 15) is 0 Å². The Labute approximate surface area is 108 Å². The molecule has 4 aliphatic carbocycles. The fourth-order valence-corrected chi connectivity index (χ4v) is 5.05. The molecule has 3 N–H and O–H groups in total. The summed E-state index contributed by atoms with van der Waals surface area (Å²) in [6, 6.07) is 3.82. The number of hydrogen-bond acceptors (Lipinski definition) is 3. The van der Waals surface area contributed by atoms with Gasteiger partial charge in [-0.1, -0.05) is 0 Å². The Morgan fingerprint density at radius 3 is 2.28 bits per heavy atom. The van der Waals surface area contributed by atoms with E-state index in [1.807, 2.05) is 12.1 Å². The van der Waals surface area contributed by atoms with Crippen LogP contribution in [0.25, 0.3) is 0 Å². The first-order valence-corrected chi connectivity index (χ1v) is 7.20. The standard InChI is InChI=1S/C15H21N3/c16-13-1-2-17-14(6-13)18-15-7-10-3-11(8-15)5-12(4-10)9-15/h1-2,6,10-12H,3-5,7-9H2,(H3,16,17,18). The summed E-state index contributed by atoms with van der Waals surface area (Å²) < 4.78 is 0. The minimum Gasteiger partial charge on any atom is -0.399 e. The zero-order chi connectivity index (χ0) is 12.2. The summed E-state index contributed by atoms with van der Waals surface area (Å²) in [6.07, 6.45) is 10.3. The molecule has 0 radical (unpaired) electrons. The Bertz CT molecular complexity index is 433. The van der Waals surface area contributed by atoms with E-state index in [-0.39, 0.29) is 0 Å². The van der Waals surface area contributed by atoms with Crippen LogP contribution in [-0.2, 0) is 0 Å². The van der Waals surface area contributed by atoms with Crippen molar-refractivity contribution >= 4 is 11.5 Å². The van der Waals surface area contributed by atoms with E-state index < -0.39 is 0 Å². The van der Waals surface area contributed by atoms with Gasteiger partial charge in [-0.15, -0.1) is 0 Å². The minimum atomic E-state index is 0.329. The summed E-state index contributed by atoms with van der Waals surface area (Å²) in [5.41, 5.74) is 6.98. The van der Waals surface area contributed by atoms with Crippen LogP contribution in [0.2, 0.25) is 0 Å². The number of rotatable bonds is 2. The molecule has 4 aliphatic rings. The number of hydrogen-bond donors (Lipinski definition) is 2. The predicted molar refractivity (Wildman–Crippen MR) is 73.2 cm³/mol. The van der Waals surface area contributed by atoms with E-state index in [4.69, 9.17) is 5.73 Å². The smallest absolute Gasteiger partial charge is 0.128 e. The molecule has 0 aromatic carbocycles. The van der Waals surface area contributed by atoms with Crippen molar-refractivity contribution < 1.29 is 0 Å². The number of anilines is 2. The molecule has 4 bridgehead atoms. The first kappa shape index (κ1) is 10.7. The molecule has 0 atom stereocenters. The van der Waals surface area contributed by atoms with Gasteiger partial charge in [0, 0.05) is 23.5 Å². The van der Waals surface area contributed by atoms with Crippen molar-refractivity contribution in [3.63, 3.8) is 0 Å². The number of nitrogen functional groups attached to an aromatic ring is 1. The van der Waals surface area contributed by atoms with Gasteiger partial charge in [-0.05, 0) is 62.3 Å². The maximum atomic E-state index is 5.85. The van der Waals surface area contributed by atoms with Crippen molar-refractivity contribution in [2.24, 2.45) is 17.8 Å². The highest BCUT2D eigenvalue weighted by Crippen LogP contribution is 2.56. The van der Waals surface area contributed by atoms with Crippen LogP contribution in [0.1, 0.15) is 38.5 Å². The molecule has 0 amide bonds. The Balaban J connectivity index is 1.60. The Morgan fingerprint density at radius 2 is 1.72 bits per heavy atom. The molecule has 4 fully saturated rings. The monoisotopic (exact) mass is 243 g/mol. The van der Waals surface area contributed by atoms with Crippen LogP contribution in [0.3, 0.4) is 0 Å². The van der Waals surface area contributed by atoms with Gasteiger partial charge in [0.05, 0.1) is 0 Å². The van der Waals surface area contributed by atoms with Crippen LogP contribution >= 0.6 is 0 Å². The highest BCUT2D eigenvalue weighted by molar-refractivity contribution is 5.50. The van der Waals surface area contributed by atoms with Crippen LogP contribution in [0.5, 0.6) is 0 Å². The van der Waals surface area contributed by atoms with Crippen LogP contribution in [0.4, 0.5) is 11.5 Å². The van der Waals surface area contributed by atoms with Gasteiger partial charge in [0.15, 0.2) is 0 Å². The van der Waals surface area contributed by atoms with Gasteiger partial charge in [0.2, 0.25) is 0 Å². The normalized spacial score (nSPS) is 41.0. The van der Waals surface area contributed by atoms with Crippen molar-refractivity contribution in [1.82, 2.24) is 4.98 Å². The molecule has 0 spiro atoms. The fraction of sp³-hybridized carbons (Fsp3) is 0.667. The van der Waals surface area contributed by atoms with Crippen LogP contribution in [-0.4, -0.2) is 10.5 Å². The predicted octanol–water partition coefficient (Wildman–Crippen LogP) is 3.04. The Hall–Kier alpha value is -1.25. The molecule has 5 rings (SSSR count). The summed E-state index contributed by atoms with van der Waals surface area (Å²) in [5.74, 6) is 3.86. The molecule has 3 heteroatoms. The average Bonchev–Trinajstić information content (AvgIpc) is 2.25. The van der Waals surface area contributed by atoms with Crippen molar-refractivity contribution in [2.75, 3.05) is 11.1 Å². The molecular formula is C15H21N3. The topological polar surface area (TPSA) is 50.9 Å². The summed E-state index contributed by atoms with van der Waals surface area (Å²) in [7, 11) is 0. The molecule has 1 aromatic rings. The van der Waals surface area contributed by atoms with E-state index in [2.05, 4.69) is 10.3 Å². The maximum absolute atomic E-state index is 5.85. The van der Waals surface area contributed by atoms with Gasteiger partial charge in [0.25, 0.3) is 0 Å². The molecule has 0 saturated heterocycles. The van der Waals surface area contributed by atoms with E-state index in [1.165, 1.54) is 38.5 Å². The van der Waals surface area contributed by atoms with Gasteiger partial charge >= 0.3 is 0 Å². The lowest BCUT2D eigenvalue weighted by Crippen LogP contribution is -2.54. The van der Waals surface area contributed by atoms with Crippen molar-refractivity contribution in [3.05, 3.63) is 18.3 Å². The number of nitrogens with two attached hydrogens (primary N) is 1. The second kappa shape index (κ2) is 3.62. The molecule has 1 aromatic heterocycles. The van der Waals surface area contributed by atoms with Crippen LogP contribution in [0.15, 0.2) is 18.3 Å². The SMILES string of the molecule is Nc1ccnc(NC23CC4CC(CC(C4)C2)C3)c1. The lowest BCUT2D eigenvalue weighted by atomic mass is 9.53. The summed E-state index contributed by atoms with van der Waals surface area (Å²) in [5, 5.41) is 3.74. The summed E-state index contributed by atoms with van der Waals surface area (Å²) in [6.45, 7) is 0. The van der Waals surface area contributed by atoms with Gasteiger partial charge in [-0.3, -0.25) is 0 Å². The molecular weight excluding hydrogens is 222 g/mol. The molecule has 0 aliphatic heterocycles. The number of nitrogens with zero attached hydrogens (tertiary/aromatic N) is 1. The third-order valence-electron chi connectivity index (χ3n) is 5.22. The zero-order valence-electron chi connectivity index (χ0n) is 10.7. The minimum absolute atomic E-state index is 0.329. The zero-order valence-corrected chi connectivity index (χ0v) is 10.7. The molecule has 0 unspecified atom stereocenters. The lowest BCUT2D eigenvalue weighted by molar-refractivity contribution is 0.0105. The van der Waals surface area contributed by atoms with Gasteiger partial charge in [-0.25, -0.2) is 4.98 Å². The summed E-state index contributed by atoms with van der Waals surface area (Å²) in [4.78, 5) is 4.42. The molecule has 3 nitrogen and oxygen atoms in total. The van der Waals surface area contributed by atoms with Crippen LogP contribution < -0.4 is 11.1 Å². The van der Waals surface area contributed by atoms with Crippen molar-refractivity contribution in [2.45, 2.75) is 44.1 Å². The first-order chi connectivity index (χ1) is 8.71. The molecule has 4 saturated carbocycles. The quantitative estimate of drug-likeness (QED) is 0.839. The molecule has 96 valence electrons.